The molecule has 0 aliphatic heterocycles. The maximum Gasteiger partial charge on any atom is 0.142 e. The molecule has 0 atom stereocenters. The molecule has 2 N–H and O–H groups in total. The highest BCUT2D eigenvalue weighted by Gasteiger charge is 1.97. The zero-order valence-corrected chi connectivity index (χ0v) is 10.8. The van der Waals surface area contributed by atoms with Crippen LogP contribution in [0.1, 0.15) is 0 Å². The van der Waals surface area contributed by atoms with E-state index in [-0.39, 0.29) is 0 Å². The van der Waals surface area contributed by atoms with E-state index < -0.39 is 0 Å². The number of para-hydroxylation sites is 2. The zero-order valence-electron chi connectivity index (χ0n) is 10.8. The van der Waals surface area contributed by atoms with Crippen molar-refractivity contribution in [1.29, 1.82) is 0 Å². The largest absolute Gasteiger partial charge is 0.489 e. The maximum absolute atomic E-state index is 5.73. The van der Waals surface area contributed by atoms with Crippen molar-refractivity contribution >= 4 is 5.69 Å². The second-order valence-electron chi connectivity index (χ2n) is 3.60. The smallest absolute Gasteiger partial charge is 0.142 e. The van der Waals surface area contributed by atoms with Gasteiger partial charge in [-0.2, -0.15) is 0 Å². The molecule has 5 nitrogen and oxygen atoms in total. The van der Waals surface area contributed by atoms with E-state index >= 15 is 0 Å². The molecular formula is C13H21NO4. The van der Waals surface area contributed by atoms with Crippen molar-refractivity contribution in [2.75, 3.05) is 52.5 Å². The highest BCUT2D eigenvalue weighted by Crippen LogP contribution is 2.19. The summed E-state index contributed by atoms with van der Waals surface area (Å²) >= 11 is 0. The van der Waals surface area contributed by atoms with Crippen LogP contribution >= 0.6 is 0 Å². The minimum Gasteiger partial charge on any atom is -0.489 e. The number of nitrogen functional groups attached to an aromatic ring is 1. The molecule has 1 aromatic rings. The molecule has 0 saturated heterocycles. The molecule has 0 aromatic heterocycles. The molecule has 5 heteroatoms. The fourth-order valence-electron chi connectivity index (χ4n) is 1.29. The van der Waals surface area contributed by atoms with E-state index in [2.05, 4.69) is 0 Å². The van der Waals surface area contributed by atoms with Gasteiger partial charge in [-0.25, -0.2) is 0 Å². The second kappa shape index (κ2) is 9.70. The van der Waals surface area contributed by atoms with Crippen LogP contribution in [0.5, 0.6) is 5.75 Å². The van der Waals surface area contributed by atoms with Crippen molar-refractivity contribution in [2.24, 2.45) is 0 Å². The molecule has 0 unspecified atom stereocenters. The summed E-state index contributed by atoms with van der Waals surface area (Å²) in [4.78, 5) is 0. The molecule has 102 valence electrons. The first-order chi connectivity index (χ1) is 8.84. The number of hydrogen-bond donors (Lipinski definition) is 1. The van der Waals surface area contributed by atoms with Gasteiger partial charge < -0.3 is 24.7 Å². The summed E-state index contributed by atoms with van der Waals surface area (Å²) in [5, 5.41) is 0. The van der Waals surface area contributed by atoms with Crippen molar-refractivity contribution in [3.8, 4) is 5.75 Å². The van der Waals surface area contributed by atoms with E-state index in [0.717, 1.165) is 0 Å². The topological polar surface area (TPSA) is 62.9 Å². The van der Waals surface area contributed by atoms with Gasteiger partial charge in [0, 0.05) is 7.11 Å². The van der Waals surface area contributed by atoms with Gasteiger partial charge in [0.05, 0.1) is 38.7 Å². The highest BCUT2D eigenvalue weighted by atomic mass is 16.6. The standard InChI is InChI=1S/C13H21NO4/c1-15-6-7-16-8-9-17-10-11-18-13-5-3-2-4-12(13)14/h2-5H,6-11,14H2,1H3. The molecular weight excluding hydrogens is 234 g/mol. The average molecular weight is 255 g/mol. The number of nitrogens with two attached hydrogens (primary N) is 1. The molecule has 0 radical (unpaired) electrons. The summed E-state index contributed by atoms with van der Waals surface area (Å²) in [6.45, 7) is 3.32. The lowest BCUT2D eigenvalue weighted by molar-refractivity contribution is 0.0180. The number of rotatable bonds is 10. The summed E-state index contributed by atoms with van der Waals surface area (Å²) in [6.07, 6.45) is 0. The molecule has 0 heterocycles. The van der Waals surface area contributed by atoms with E-state index in [4.69, 9.17) is 24.7 Å². The Morgan fingerprint density at radius 3 is 2.17 bits per heavy atom. The summed E-state index contributed by atoms with van der Waals surface area (Å²) in [5.41, 5.74) is 6.37. The van der Waals surface area contributed by atoms with Crippen LogP contribution in [0, 0.1) is 0 Å². The van der Waals surface area contributed by atoms with Crippen LogP contribution in [0.25, 0.3) is 0 Å². The van der Waals surface area contributed by atoms with Gasteiger partial charge in [-0.15, -0.1) is 0 Å². The van der Waals surface area contributed by atoms with Crippen LogP contribution in [-0.4, -0.2) is 46.8 Å². The van der Waals surface area contributed by atoms with Crippen molar-refractivity contribution in [3.63, 3.8) is 0 Å². The van der Waals surface area contributed by atoms with Crippen LogP contribution < -0.4 is 10.5 Å². The molecule has 0 spiro atoms. The van der Waals surface area contributed by atoms with Crippen molar-refractivity contribution in [3.05, 3.63) is 24.3 Å². The maximum atomic E-state index is 5.73. The molecule has 0 amide bonds. The zero-order chi connectivity index (χ0) is 13.1. The molecule has 1 aromatic carbocycles. The van der Waals surface area contributed by atoms with Crippen LogP contribution in [0.15, 0.2) is 24.3 Å². The monoisotopic (exact) mass is 255 g/mol. The SMILES string of the molecule is COCCOCCOCCOc1ccccc1N. The Hall–Kier alpha value is -1.30. The Bertz CT molecular complexity index is 320. The van der Waals surface area contributed by atoms with Gasteiger partial charge in [-0.3, -0.25) is 0 Å². The van der Waals surface area contributed by atoms with E-state index in [1.54, 1.807) is 13.2 Å². The minimum atomic E-state index is 0.478. The van der Waals surface area contributed by atoms with Crippen LogP contribution in [-0.2, 0) is 14.2 Å². The highest BCUT2D eigenvalue weighted by molar-refractivity contribution is 5.51. The minimum absolute atomic E-state index is 0.478. The van der Waals surface area contributed by atoms with E-state index in [1.807, 2.05) is 18.2 Å². The van der Waals surface area contributed by atoms with Crippen molar-refractivity contribution in [1.82, 2.24) is 0 Å². The Morgan fingerprint density at radius 2 is 1.50 bits per heavy atom. The van der Waals surface area contributed by atoms with E-state index in [9.17, 15) is 0 Å². The van der Waals surface area contributed by atoms with Gasteiger partial charge in [-0.1, -0.05) is 12.1 Å². The quantitative estimate of drug-likeness (QED) is 0.505. The van der Waals surface area contributed by atoms with Crippen molar-refractivity contribution < 1.29 is 18.9 Å². The first-order valence-electron chi connectivity index (χ1n) is 5.96. The van der Waals surface area contributed by atoms with Gasteiger partial charge in [0.1, 0.15) is 12.4 Å². The van der Waals surface area contributed by atoms with Crippen LogP contribution in [0.4, 0.5) is 5.69 Å². The average Bonchev–Trinajstić information content (AvgIpc) is 2.39. The van der Waals surface area contributed by atoms with Crippen molar-refractivity contribution in [2.45, 2.75) is 0 Å². The lowest BCUT2D eigenvalue weighted by Crippen LogP contribution is -2.12. The molecule has 0 fully saturated rings. The molecule has 0 bridgehead atoms. The van der Waals surface area contributed by atoms with Gasteiger partial charge >= 0.3 is 0 Å². The number of methoxy groups -OCH3 is 1. The molecule has 0 aliphatic rings. The van der Waals surface area contributed by atoms with Crippen LogP contribution in [0.2, 0.25) is 0 Å². The Balaban J connectivity index is 1.94. The Labute approximate surface area is 108 Å². The summed E-state index contributed by atoms with van der Waals surface area (Å²) in [7, 11) is 1.65. The molecule has 0 saturated carbocycles. The first-order valence-corrected chi connectivity index (χ1v) is 5.96. The van der Waals surface area contributed by atoms with Crippen LogP contribution in [0.3, 0.4) is 0 Å². The Kier molecular flexibility index (Phi) is 7.96. The van der Waals surface area contributed by atoms with Gasteiger partial charge in [-0.05, 0) is 12.1 Å². The number of ether oxygens (including phenoxy) is 4. The Morgan fingerprint density at radius 1 is 0.889 bits per heavy atom. The summed E-state index contributed by atoms with van der Waals surface area (Å²) in [6, 6.07) is 7.40. The summed E-state index contributed by atoms with van der Waals surface area (Å²) < 4.78 is 20.9. The normalized spacial score (nSPS) is 10.5. The predicted octanol–water partition coefficient (Wildman–Crippen LogP) is 1.33. The van der Waals surface area contributed by atoms with Gasteiger partial charge in [0.25, 0.3) is 0 Å². The van der Waals surface area contributed by atoms with Gasteiger partial charge in [0.15, 0.2) is 0 Å². The third-order valence-electron chi connectivity index (χ3n) is 2.21. The number of benzene rings is 1. The third kappa shape index (κ3) is 6.44. The molecule has 1 rings (SSSR count). The number of hydrogen-bond acceptors (Lipinski definition) is 5. The predicted molar refractivity (Wildman–Crippen MR) is 69.9 cm³/mol. The molecule has 0 aliphatic carbocycles. The van der Waals surface area contributed by atoms with E-state index in [0.29, 0.717) is 51.1 Å². The summed E-state index contributed by atoms with van der Waals surface area (Å²) in [5.74, 6) is 0.692. The van der Waals surface area contributed by atoms with Gasteiger partial charge in [0.2, 0.25) is 0 Å². The molecule has 18 heavy (non-hydrogen) atoms. The fraction of sp³-hybridized carbons (Fsp3) is 0.538. The number of anilines is 1. The first kappa shape index (κ1) is 14.8. The lowest BCUT2D eigenvalue weighted by Gasteiger charge is -2.09. The second-order valence-corrected chi connectivity index (χ2v) is 3.60. The third-order valence-corrected chi connectivity index (χ3v) is 2.21. The lowest BCUT2D eigenvalue weighted by atomic mass is 10.3. The fourth-order valence-corrected chi connectivity index (χ4v) is 1.29. The van der Waals surface area contributed by atoms with E-state index in [1.165, 1.54) is 0 Å².